The lowest BCUT2D eigenvalue weighted by molar-refractivity contribution is -0.162. The Labute approximate surface area is 153 Å². The van der Waals surface area contributed by atoms with E-state index < -0.39 is 30.4 Å². The van der Waals surface area contributed by atoms with Crippen molar-refractivity contribution in [1.82, 2.24) is 5.32 Å². The molecule has 0 aromatic heterocycles. The molecule has 0 saturated heterocycles. The van der Waals surface area contributed by atoms with Gasteiger partial charge in [-0.1, -0.05) is 30.3 Å². The second kappa shape index (κ2) is 11.9. The molecular weight excluding hydrogens is 340 g/mol. The first kappa shape index (κ1) is 21.4. The number of alkyl carbamates (subject to hydrolysis) is 1. The molecule has 0 aliphatic carbocycles. The number of unbranched alkanes of at least 4 members (excludes halogenated alkanes) is 1. The molecule has 8 nitrogen and oxygen atoms in total. The fourth-order valence-electron chi connectivity index (χ4n) is 2.16. The highest BCUT2D eigenvalue weighted by Gasteiger charge is 2.24. The molecule has 0 heterocycles. The Balaban J connectivity index is 2.57. The summed E-state index contributed by atoms with van der Waals surface area (Å²) >= 11 is 0. The highest BCUT2D eigenvalue weighted by molar-refractivity contribution is 5.81. The van der Waals surface area contributed by atoms with Crippen LogP contribution < -0.4 is 11.1 Å². The lowest BCUT2D eigenvalue weighted by Gasteiger charge is -2.19. The molecule has 1 aromatic carbocycles. The van der Waals surface area contributed by atoms with E-state index in [1.807, 2.05) is 30.3 Å². The molecule has 144 valence electrons. The second-order valence-corrected chi connectivity index (χ2v) is 5.66. The molecule has 1 aromatic rings. The standard InChI is InChI=1S/C18H26N2O6/c1-13(21)25-14(2)26-18(23)20-16(10-6-7-11-19)17(22)24-12-15-8-4-3-5-9-15/h3-5,8-9,14,16H,6-7,10-12,19H2,1-2H3,(H,20,23)/t14?,16-/m0/s1. The van der Waals surface area contributed by atoms with Crippen LogP contribution in [0.1, 0.15) is 38.7 Å². The fourth-order valence-corrected chi connectivity index (χ4v) is 2.16. The van der Waals surface area contributed by atoms with Crippen LogP contribution in [0.2, 0.25) is 0 Å². The van der Waals surface area contributed by atoms with Gasteiger partial charge < -0.3 is 25.3 Å². The Hall–Kier alpha value is -2.61. The molecule has 0 fully saturated rings. The molecule has 0 radical (unpaired) electrons. The largest absolute Gasteiger partial charge is 0.459 e. The molecule has 0 aliphatic heterocycles. The van der Waals surface area contributed by atoms with E-state index >= 15 is 0 Å². The average Bonchev–Trinajstić information content (AvgIpc) is 2.59. The minimum Gasteiger partial charge on any atom is -0.459 e. The SMILES string of the molecule is CC(=O)OC(C)OC(=O)N[C@@H](CCCCN)C(=O)OCc1ccccc1. The van der Waals surface area contributed by atoms with E-state index in [1.54, 1.807) is 0 Å². The predicted octanol–water partition coefficient (Wildman–Crippen LogP) is 1.86. The molecule has 2 atom stereocenters. The van der Waals surface area contributed by atoms with Crippen LogP contribution in [-0.2, 0) is 30.4 Å². The maximum Gasteiger partial charge on any atom is 0.410 e. The van der Waals surface area contributed by atoms with Gasteiger partial charge in [0.25, 0.3) is 0 Å². The molecule has 0 aliphatic rings. The van der Waals surface area contributed by atoms with Crippen LogP contribution in [0, 0.1) is 0 Å². The first-order chi connectivity index (χ1) is 12.4. The minimum atomic E-state index is -1.06. The first-order valence-corrected chi connectivity index (χ1v) is 8.47. The van der Waals surface area contributed by atoms with Gasteiger partial charge in [0.15, 0.2) is 0 Å². The van der Waals surface area contributed by atoms with E-state index in [0.717, 1.165) is 5.56 Å². The molecule has 26 heavy (non-hydrogen) atoms. The number of ether oxygens (including phenoxy) is 3. The summed E-state index contributed by atoms with van der Waals surface area (Å²) in [5.41, 5.74) is 6.30. The summed E-state index contributed by atoms with van der Waals surface area (Å²) < 4.78 is 14.9. The molecule has 0 saturated carbocycles. The maximum atomic E-state index is 12.3. The van der Waals surface area contributed by atoms with Crippen LogP contribution in [-0.4, -0.2) is 36.9 Å². The molecule has 1 amide bonds. The van der Waals surface area contributed by atoms with Crippen molar-refractivity contribution < 1.29 is 28.6 Å². The van der Waals surface area contributed by atoms with Crippen LogP contribution >= 0.6 is 0 Å². The number of benzene rings is 1. The number of carbonyl (C=O) groups excluding carboxylic acids is 3. The summed E-state index contributed by atoms with van der Waals surface area (Å²) in [6.45, 7) is 3.19. The lowest BCUT2D eigenvalue weighted by atomic mass is 10.1. The Morgan fingerprint density at radius 3 is 2.42 bits per heavy atom. The number of hydrogen-bond donors (Lipinski definition) is 2. The van der Waals surface area contributed by atoms with Gasteiger partial charge in [-0.15, -0.1) is 0 Å². The number of esters is 2. The summed E-state index contributed by atoms with van der Waals surface area (Å²) in [6.07, 6.45) is -0.211. The highest BCUT2D eigenvalue weighted by atomic mass is 16.7. The minimum absolute atomic E-state index is 0.105. The number of rotatable bonds is 10. The summed E-state index contributed by atoms with van der Waals surface area (Å²) in [7, 11) is 0. The van der Waals surface area contributed by atoms with Gasteiger partial charge in [-0.05, 0) is 31.4 Å². The molecule has 3 N–H and O–H groups in total. The van der Waals surface area contributed by atoms with Gasteiger partial charge in [-0.2, -0.15) is 0 Å². The third kappa shape index (κ3) is 9.03. The molecule has 8 heteroatoms. The van der Waals surface area contributed by atoms with Crippen molar-refractivity contribution in [3.8, 4) is 0 Å². The molecule has 0 bridgehead atoms. The van der Waals surface area contributed by atoms with Gasteiger partial charge in [0.1, 0.15) is 12.6 Å². The van der Waals surface area contributed by atoms with Crippen LogP contribution in [0.15, 0.2) is 30.3 Å². The third-order valence-corrected chi connectivity index (χ3v) is 3.35. The van der Waals surface area contributed by atoms with Gasteiger partial charge in [0.05, 0.1) is 0 Å². The third-order valence-electron chi connectivity index (χ3n) is 3.35. The highest BCUT2D eigenvalue weighted by Crippen LogP contribution is 2.07. The van der Waals surface area contributed by atoms with Crippen LogP contribution in [0.3, 0.4) is 0 Å². The van der Waals surface area contributed by atoms with Crippen LogP contribution in [0.25, 0.3) is 0 Å². The number of nitrogens with one attached hydrogen (secondary N) is 1. The van der Waals surface area contributed by atoms with Crippen LogP contribution in [0.4, 0.5) is 4.79 Å². The Morgan fingerprint density at radius 1 is 1.12 bits per heavy atom. The van der Waals surface area contributed by atoms with E-state index in [4.69, 9.17) is 19.9 Å². The zero-order valence-corrected chi connectivity index (χ0v) is 15.1. The summed E-state index contributed by atoms with van der Waals surface area (Å²) in [5.74, 6) is -1.14. The molecule has 1 rings (SSSR count). The second-order valence-electron chi connectivity index (χ2n) is 5.66. The van der Waals surface area contributed by atoms with Crippen LogP contribution in [0.5, 0.6) is 0 Å². The summed E-state index contributed by atoms with van der Waals surface area (Å²) in [5, 5.41) is 2.45. The number of amides is 1. The smallest absolute Gasteiger partial charge is 0.410 e. The number of hydrogen-bond acceptors (Lipinski definition) is 7. The Morgan fingerprint density at radius 2 is 1.81 bits per heavy atom. The summed E-state index contributed by atoms with van der Waals surface area (Å²) in [6, 6.07) is 8.34. The van der Waals surface area contributed by atoms with Gasteiger partial charge >= 0.3 is 18.0 Å². The predicted molar refractivity (Wildman–Crippen MR) is 93.8 cm³/mol. The first-order valence-electron chi connectivity index (χ1n) is 8.47. The van der Waals surface area contributed by atoms with E-state index in [2.05, 4.69) is 5.32 Å². The zero-order valence-electron chi connectivity index (χ0n) is 15.1. The zero-order chi connectivity index (χ0) is 19.4. The quantitative estimate of drug-likeness (QED) is 0.369. The topological polar surface area (TPSA) is 117 Å². The van der Waals surface area contributed by atoms with Crippen molar-refractivity contribution in [3.63, 3.8) is 0 Å². The lowest BCUT2D eigenvalue weighted by Crippen LogP contribution is -2.43. The summed E-state index contributed by atoms with van der Waals surface area (Å²) in [4.78, 5) is 35.0. The van der Waals surface area contributed by atoms with Gasteiger partial charge in [-0.25, -0.2) is 9.59 Å². The van der Waals surface area contributed by atoms with Crippen molar-refractivity contribution >= 4 is 18.0 Å². The van der Waals surface area contributed by atoms with Crippen molar-refractivity contribution in [1.29, 1.82) is 0 Å². The van der Waals surface area contributed by atoms with Gasteiger partial charge in [0.2, 0.25) is 6.29 Å². The Bertz CT molecular complexity index is 578. The van der Waals surface area contributed by atoms with Crippen molar-refractivity contribution in [2.75, 3.05) is 6.54 Å². The molecule has 0 spiro atoms. The van der Waals surface area contributed by atoms with Crippen molar-refractivity contribution in [3.05, 3.63) is 35.9 Å². The number of nitrogens with two attached hydrogens (primary N) is 1. The van der Waals surface area contributed by atoms with E-state index in [9.17, 15) is 14.4 Å². The van der Waals surface area contributed by atoms with E-state index in [0.29, 0.717) is 25.8 Å². The molecular formula is C18H26N2O6. The maximum absolute atomic E-state index is 12.3. The monoisotopic (exact) mass is 366 g/mol. The van der Waals surface area contributed by atoms with Crippen molar-refractivity contribution in [2.45, 2.75) is 52.0 Å². The average molecular weight is 366 g/mol. The Kier molecular flexibility index (Phi) is 9.78. The van der Waals surface area contributed by atoms with Gasteiger partial charge in [-0.3, -0.25) is 4.79 Å². The number of carbonyl (C=O) groups is 3. The van der Waals surface area contributed by atoms with Gasteiger partial charge in [0, 0.05) is 13.8 Å². The fraction of sp³-hybridized carbons (Fsp3) is 0.500. The normalized spacial score (nSPS) is 12.6. The molecule has 1 unspecified atom stereocenters. The van der Waals surface area contributed by atoms with E-state index in [-0.39, 0.29) is 6.61 Å². The van der Waals surface area contributed by atoms with E-state index in [1.165, 1.54) is 13.8 Å². The van der Waals surface area contributed by atoms with Crippen molar-refractivity contribution in [2.24, 2.45) is 5.73 Å².